The van der Waals surface area contributed by atoms with Crippen molar-refractivity contribution in [1.82, 2.24) is 15.1 Å². The van der Waals surface area contributed by atoms with E-state index in [0.29, 0.717) is 11.8 Å². The molecule has 2 amide bonds. The highest BCUT2D eigenvalue weighted by molar-refractivity contribution is 5.97. The van der Waals surface area contributed by atoms with Crippen LogP contribution in [0.1, 0.15) is 53.6 Å². The van der Waals surface area contributed by atoms with E-state index < -0.39 is 5.60 Å². The molecule has 4 saturated heterocycles. The van der Waals surface area contributed by atoms with Gasteiger partial charge < -0.3 is 24.6 Å². The quantitative estimate of drug-likeness (QED) is 0.755. The normalized spacial score (nSPS) is 27.9. The zero-order chi connectivity index (χ0) is 23.0. The number of nitrogens with zero attached hydrogens (tertiary/aromatic N) is 2. The predicted octanol–water partition coefficient (Wildman–Crippen LogP) is 3.14. The van der Waals surface area contributed by atoms with Crippen LogP contribution in [-0.2, 0) is 9.47 Å². The first-order chi connectivity index (χ1) is 16.0. The minimum atomic E-state index is -0.398. The third kappa shape index (κ3) is 4.26. The van der Waals surface area contributed by atoms with E-state index in [0.717, 1.165) is 94.7 Å². The van der Waals surface area contributed by atoms with Crippen molar-refractivity contribution in [2.75, 3.05) is 45.9 Å². The fourth-order valence-electron chi connectivity index (χ4n) is 6.54. The summed E-state index contributed by atoms with van der Waals surface area (Å²) >= 11 is 0. The third-order valence-corrected chi connectivity index (χ3v) is 8.30. The molecule has 4 heterocycles. The number of rotatable bonds is 4. The summed E-state index contributed by atoms with van der Waals surface area (Å²) in [5.74, 6) is 0.876. The Balaban J connectivity index is 1.33. The van der Waals surface area contributed by atoms with Crippen molar-refractivity contribution < 1.29 is 19.1 Å². The van der Waals surface area contributed by atoms with Gasteiger partial charge >= 0.3 is 6.09 Å². The summed E-state index contributed by atoms with van der Waals surface area (Å²) in [6.07, 6.45) is 4.40. The van der Waals surface area contributed by atoms with Crippen LogP contribution < -0.4 is 5.32 Å². The average Bonchev–Trinajstić information content (AvgIpc) is 3.41. The van der Waals surface area contributed by atoms with Crippen LogP contribution in [0, 0.1) is 25.7 Å². The number of carbonyl (C=O) groups is 2. The lowest BCUT2D eigenvalue weighted by molar-refractivity contribution is -0.0192. The first-order valence-electron chi connectivity index (χ1n) is 12.6. The van der Waals surface area contributed by atoms with Gasteiger partial charge in [-0.25, -0.2) is 4.79 Å². The van der Waals surface area contributed by atoms with Gasteiger partial charge in [-0.15, -0.1) is 0 Å². The topological polar surface area (TPSA) is 71.1 Å². The fraction of sp³-hybridized carbons (Fsp3) is 0.692. The van der Waals surface area contributed by atoms with Crippen molar-refractivity contribution in [3.8, 4) is 0 Å². The zero-order valence-electron chi connectivity index (χ0n) is 20.0. The van der Waals surface area contributed by atoms with Crippen molar-refractivity contribution in [1.29, 1.82) is 0 Å². The molecule has 1 aromatic rings. The Morgan fingerprint density at radius 2 is 1.82 bits per heavy atom. The van der Waals surface area contributed by atoms with E-state index >= 15 is 0 Å². The maximum absolute atomic E-state index is 13.3. The molecule has 0 bridgehead atoms. The Labute approximate surface area is 196 Å². The molecular formula is C26H37N3O4. The number of piperidine rings is 2. The van der Waals surface area contributed by atoms with Crippen LogP contribution in [-0.4, -0.2) is 79.4 Å². The lowest BCUT2D eigenvalue weighted by Crippen LogP contribution is -2.57. The number of aryl methyl sites for hydroxylation is 2. The van der Waals surface area contributed by atoms with Gasteiger partial charge in [0.2, 0.25) is 0 Å². The molecule has 0 radical (unpaired) electrons. The van der Waals surface area contributed by atoms with Crippen molar-refractivity contribution in [3.05, 3.63) is 34.9 Å². The highest BCUT2D eigenvalue weighted by atomic mass is 16.6. The fourth-order valence-corrected chi connectivity index (χ4v) is 6.54. The first-order valence-corrected chi connectivity index (χ1v) is 12.6. The summed E-state index contributed by atoms with van der Waals surface area (Å²) in [4.78, 5) is 30.5. The van der Waals surface area contributed by atoms with E-state index in [4.69, 9.17) is 9.47 Å². The van der Waals surface area contributed by atoms with Crippen molar-refractivity contribution in [2.45, 2.75) is 57.6 Å². The Morgan fingerprint density at radius 3 is 2.45 bits per heavy atom. The summed E-state index contributed by atoms with van der Waals surface area (Å²) in [5.41, 5.74) is 2.52. The molecule has 1 aromatic carbocycles. The minimum Gasteiger partial charge on any atom is -0.440 e. The average molecular weight is 456 g/mol. The molecule has 4 aliphatic rings. The number of hydrogen-bond donors (Lipinski definition) is 1. The summed E-state index contributed by atoms with van der Waals surface area (Å²) in [6.45, 7) is 9.50. The first kappa shape index (κ1) is 22.7. The Morgan fingerprint density at radius 1 is 1.12 bits per heavy atom. The minimum absolute atomic E-state index is 0.0881. The second-order valence-electron chi connectivity index (χ2n) is 10.4. The zero-order valence-corrected chi connectivity index (χ0v) is 20.0. The number of amides is 2. The van der Waals surface area contributed by atoms with Crippen LogP contribution in [0.25, 0.3) is 0 Å². The summed E-state index contributed by atoms with van der Waals surface area (Å²) in [6, 6.07) is 6.12. The van der Waals surface area contributed by atoms with Crippen LogP contribution in [0.4, 0.5) is 4.79 Å². The van der Waals surface area contributed by atoms with E-state index in [1.165, 1.54) is 0 Å². The lowest BCUT2D eigenvalue weighted by Gasteiger charge is -2.45. The van der Waals surface area contributed by atoms with Crippen LogP contribution >= 0.6 is 0 Å². The molecule has 1 N–H and O–H groups in total. The van der Waals surface area contributed by atoms with Gasteiger partial charge in [0, 0.05) is 50.6 Å². The van der Waals surface area contributed by atoms with Gasteiger partial charge in [0.05, 0.1) is 12.6 Å². The number of likely N-dealkylation sites (tertiary alicyclic amines) is 1. The summed E-state index contributed by atoms with van der Waals surface area (Å²) < 4.78 is 11.8. The molecule has 4 aliphatic heterocycles. The Bertz CT molecular complexity index is 863. The molecule has 5 rings (SSSR count). The van der Waals surface area contributed by atoms with Gasteiger partial charge in [-0.3, -0.25) is 4.79 Å². The van der Waals surface area contributed by atoms with E-state index in [1.54, 1.807) is 0 Å². The van der Waals surface area contributed by atoms with Crippen LogP contribution in [0.15, 0.2) is 18.2 Å². The molecule has 2 unspecified atom stereocenters. The SMILES string of the molecule is Cc1cccc(C)c1C(=O)N1CCC(C2N(CC3CCOC3)C(=O)OC23CCNCC3)CC1. The second kappa shape index (κ2) is 9.26. The molecule has 0 aliphatic carbocycles. The maximum atomic E-state index is 13.3. The standard InChI is InChI=1S/C26H37N3O4/c1-18-4-3-5-19(2)22(18)24(30)28-13-6-21(7-14-28)23-26(9-11-27-12-10-26)33-25(31)29(23)16-20-8-15-32-17-20/h3-5,20-21,23,27H,6-17H2,1-2H3. The Kier molecular flexibility index (Phi) is 6.36. The highest BCUT2D eigenvalue weighted by Gasteiger charge is 2.57. The maximum Gasteiger partial charge on any atom is 0.410 e. The summed E-state index contributed by atoms with van der Waals surface area (Å²) in [5, 5.41) is 3.43. The molecule has 0 aromatic heterocycles. The second-order valence-corrected chi connectivity index (χ2v) is 10.4. The van der Waals surface area contributed by atoms with Gasteiger partial charge in [-0.1, -0.05) is 18.2 Å². The number of hydrogen-bond acceptors (Lipinski definition) is 5. The number of benzene rings is 1. The van der Waals surface area contributed by atoms with Crippen molar-refractivity contribution >= 4 is 12.0 Å². The molecule has 180 valence electrons. The van der Waals surface area contributed by atoms with E-state index in [-0.39, 0.29) is 18.0 Å². The van der Waals surface area contributed by atoms with Gasteiger partial charge in [0.15, 0.2) is 0 Å². The van der Waals surface area contributed by atoms with Gasteiger partial charge in [-0.2, -0.15) is 0 Å². The van der Waals surface area contributed by atoms with Gasteiger partial charge in [-0.05, 0) is 63.2 Å². The number of nitrogens with one attached hydrogen (secondary N) is 1. The van der Waals surface area contributed by atoms with E-state index in [2.05, 4.69) is 5.32 Å². The van der Waals surface area contributed by atoms with Gasteiger partial charge in [0.25, 0.3) is 5.91 Å². The van der Waals surface area contributed by atoms with Crippen LogP contribution in [0.3, 0.4) is 0 Å². The van der Waals surface area contributed by atoms with Crippen molar-refractivity contribution in [3.63, 3.8) is 0 Å². The largest absolute Gasteiger partial charge is 0.440 e. The van der Waals surface area contributed by atoms with E-state index in [9.17, 15) is 9.59 Å². The monoisotopic (exact) mass is 455 g/mol. The molecule has 0 saturated carbocycles. The highest BCUT2D eigenvalue weighted by Crippen LogP contribution is 2.44. The number of carbonyl (C=O) groups excluding carboxylic acids is 2. The van der Waals surface area contributed by atoms with Crippen LogP contribution in [0.2, 0.25) is 0 Å². The molecule has 4 fully saturated rings. The van der Waals surface area contributed by atoms with E-state index in [1.807, 2.05) is 41.8 Å². The molecule has 7 nitrogen and oxygen atoms in total. The number of ether oxygens (including phenoxy) is 2. The molecule has 7 heteroatoms. The summed E-state index contributed by atoms with van der Waals surface area (Å²) in [7, 11) is 0. The smallest absolute Gasteiger partial charge is 0.410 e. The molecular weight excluding hydrogens is 418 g/mol. The van der Waals surface area contributed by atoms with Crippen LogP contribution in [0.5, 0.6) is 0 Å². The van der Waals surface area contributed by atoms with Gasteiger partial charge in [0.1, 0.15) is 5.60 Å². The Hall–Kier alpha value is -2.12. The third-order valence-electron chi connectivity index (χ3n) is 8.30. The lowest BCUT2D eigenvalue weighted by atomic mass is 9.74. The molecule has 2 atom stereocenters. The van der Waals surface area contributed by atoms with Crippen molar-refractivity contribution in [2.24, 2.45) is 11.8 Å². The predicted molar refractivity (Wildman–Crippen MR) is 125 cm³/mol. The molecule has 1 spiro atoms. The molecule has 33 heavy (non-hydrogen) atoms.